The molecule has 1 N–H and O–H groups in total. The molecule has 0 aliphatic rings. The fourth-order valence-electron chi connectivity index (χ4n) is 1.84. The van der Waals surface area contributed by atoms with Gasteiger partial charge in [-0.05, 0) is 32.0 Å². The minimum absolute atomic E-state index is 0.0949. The Morgan fingerprint density at radius 2 is 1.73 bits per heavy atom. The zero-order chi connectivity index (χ0) is 16.5. The Morgan fingerprint density at radius 1 is 1.14 bits per heavy atom. The summed E-state index contributed by atoms with van der Waals surface area (Å²) in [6, 6.07) is 9.02. The van der Waals surface area contributed by atoms with Crippen LogP contribution in [-0.4, -0.2) is 13.3 Å². The van der Waals surface area contributed by atoms with Crippen molar-refractivity contribution >= 4 is 37.3 Å². The number of aryl methyl sites for hydroxylation is 1. The molecule has 0 fully saturated rings. The minimum atomic E-state index is -3.80. The van der Waals surface area contributed by atoms with Crippen LogP contribution in [0.3, 0.4) is 0 Å². The van der Waals surface area contributed by atoms with E-state index in [9.17, 15) is 18.5 Å². The predicted octanol–water partition coefficient (Wildman–Crippen LogP) is 3.77. The van der Waals surface area contributed by atoms with Crippen molar-refractivity contribution in [3.05, 3.63) is 62.1 Å². The molecule has 0 spiro atoms. The monoisotopic (exact) mass is 384 g/mol. The SMILES string of the molecule is Cc1ccc(S(=O)(=O)Nc2cc(Br)c(C)c([N+](=O)[O-])c2)cc1. The van der Waals surface area contributed by atoms with Crippen molar-refractivity contribution in [2.75, 3.05) is 4.72 Å². The number of nitrogens with zero attached hydrogens (tertiary/aromatic N) is 1. The van der Waals surface area contributed by atoms with Gasteiger partial charge in [0.2, 0.25) is 0 Å². The second-order valence-corrected chi connectivity index (χ2v) is 7.31. The van der Waals surface area contributed by atoms with Gasteiger partial charge in [0.1, 0.15) is 0 Å². The molecule has 0 aliphatic carbocycles. The third-order valence-corrected chi connectivity index (χ3v) is 5.32. The zero-order valence-corrected chi connectivity index (χ0v) is 14.2. The van der Waals surface area contributed by atoms with Gasteiger partial charge >= 0.3 is 0 Å². The van der Waals surface area contributed by atoms with Gasteiger partial charge in [0.25, 0.3) is 15.7 Å². The highest BCUT2D eigenvalue weighted by molar-refractivity contribution is 9.10. The zero-order valence-electron chi connectivity index (χ0n) is 11.8. The quantitative estimate of drug-likeness (QED) is 0.641. The molecule has 22 heavy (non-hydrogen) atoms. The Bertz CT molecular complexity index is 833. The highest BCUT2D eigenvalue weighted by Gasteiger charge is 2.19. The van der Waals surface area contributed by atoms with Crippen molar-refractivity contribution in [2.24, 2.45) is 0 Å². The molecule has 0 aliphatic heterocycles. The first kappa shape index (κ1) is 16.4. The third-order valence-electron chi connectivity index (χ3n) is 3.10. The first-order chi connectivity index (χ1) is 10.2. The number of nitro groups is 1. The number of hydrogen-bond acceptors (Lipinski definition) is 4. The fourth-order valence-corrected chi connectivity index (χ4v) is 3.33. The maximum absolute atomic E-state index is 12.3. The van der Waals surface area contributed by atoms with Crippen molar-refractivity contribution in [1.82, 2.24) is 0 Å². The van der Waals surface area contributed by atoms with Crippen LogP contribution in [0.15, 0.2) is 45.8 Å². The lowest BCUT2D eigenvalue weighted by Crippen LogP contribution is -2.13. The van der Waals surface area contributed by atoms with Crippen LogP contribution in [0.2, 0.25) is 0 Å². The van der Waals surface area contributed by atoms with Gasteiger partial charge in [0, 0.05) is 16.1 Å². The molecule has 0 heterocycles. The summed E-state index contributed by atoms with van der Waals surface area (Å²) < 4.78 is 27.4. The standard InChI is InChI=1S/C14H13BrN2O4S/c1-9-3-5-12(6-4-9)22(20,21)16-11-7-13(15)10(2)14(8-11)17(18)19/h3-8,16H,1-2H3. The van der Waals surface area contributed by atoms with E-state index in [-0.39, 0.29) is 16.3 Å². The summed E-state index contributed by atoms with van der Waals surface area (Å²) in [5.41, 5.74) is 1.34. The van der Waals surface area contributed by atoms with E-state index < -0.39 is 14.9 Å². The Balaban J connectivity index is 2.42. The lowest BCUT2D eigenvalue weighted by molar-refractivity contribution is -0.385. The Kier molecular flexibility index (Phi) is 4.52. The largest absolute Gasteiger partial charge is 0.279 e. The second kappa shape index (κ2) is 6.05. The van der Waals surface area contributed by atoms with Crippen LogP contribution >= 0.6 is 15.9 Å². The summed E-state index contributed by atoms with van der Waals surface area (Å²) in [7, 11) is -3.80. The highest BCUT2D eigenvalue weighted by atomic mass is 79.9. The van der Waals surface area contributed by atoms with Crippen molar-refractivity contribution < 1.29 is 13.3 Å². The normalized spacial score (nSPS) is 11.2. The molecule has 2 aromatic carbocycles. The predicted molar refractivity (Wildman–Crippen MR) is 87.5 cm³/mol. The van der Waals surface area contributed by atoms with E-state index in [1.807, 2.05) is 6.92 Å². The van der Waals surface area contributed by atoms with Gasteiger partial charge in [-0.15, -0.1) is 0 Å². The Morgan fingerprint density at radius 3 is 2.27 bits per heavy atom. The van der Waals surface area contributed by atoms with Gasteiger partial charge in [-0.1, -0.05) is 33.6 Å². The summed E-state index contributed by atoms with van der Waals surface area (Å²) in [5.74, 6) is 0. The molecule has 0 saturated heterocycles. The molecule has 0 amide bonds. The van der Waals surface area contributed by atoms with Gasteiger partial charge in [-0.2, -0.15) is 0 Å². The molecule has 8 heteroatoms. The molecule has 116 valence electrons. The molecule has 0 saturated carbocycles. The van der Waals surface area contributed by atoms with E-state index in [1.54, 1.807) is 19.1 Å². The van der Waals surface area contributed by atoms with E-state index >= 15 is 0 Å². The number of nitrogens with one attached hydrogen (secondary N) is 1. The molecule has 0 radical (unpaired) electrons. The average Bonchev–Trinajstić information content (AvgIpc) is 2.42. The average molecular weight is 385 g/mol. The number of hydrogen-bond donors (Lipinski definition) is 1. The maximum atomic E-state index is 12.3. The summed E-state index contributed by atoms with van der Waals surface area (Å²) in [4.78, 5) is 10.5. The molecular formula is C14H13BrN2O4S. The van der Waals surface area contributed by atoms with Gasteiger partial charge in [0.15, 0.2) is 0 Å². The lowest BCUT2D eigenvalue weighted by atomic mass is 10.2. The van der Waals surface area contributed by atoms with E-state index in [1.165, 1.54) is 24.3 Å². The highest BCUT2D eigenvalue weighted by Crippen LogP contribution is 2.31. The molecule has 2 aromatic rings. The number of halogens is 1. The first-order valence-electron chi connectivity index (χ1n) is 6.25. The van der Waals surface area contributed by atoms with Crippen LogP contribution in [0.4, 0.5) is 11.4 Å². The Labute approximate surface area is 136 Å². The molecule has 2 rings (SSSR count). The van der Waals surface area contributed by atoms with Gasteiger partial charge in [0.05, 0.1) is 15.5 Å². The van der Waals surface area contributed by atoms with Crippen molar-refractivity contribution in [3.63, 3.8) is 0 Å². The number of nitro benzene ring substituents is 1. The third kappa shape index (κ3) is 3.45. The molecular weight excluding hydrogens is 372 g/mol. The van der Waals surface area contributed by atoms with E-state index in [0.29, 0.717) is 10.0 Å². The van der Waals surface area contributed by atoms with Crippen molar-refractivity contribution in [2.45, 2.75) is 18.7 Å². The van der Waals surface area contributed by atoms with E-state index in [0.717, 1.165) is 5.56 Å². The van der Waals surface area contributed by atoms with Crippen molar-refractivity contribution in [3.8, 4) is 0 Å². The van der Waals surface area contributed by atoms with Crippen LogP contribution in [-0.2, 0) is 10.0 Å². The van der Waals surface area contributed by atoms with Gasteiger partial charge in [-0.3, -0.25) is 14.8 Å². The summed E-state index contributed by atoms with van der Waals surface area (Å²) in [6.07, 6.45) is 0. The molecule has 0 atom stereocenters. The smallest absolute Gasteiger partial charge is 0.275 e. The van der Waals surface area contributed by atoms with Crippen LogP contribution < -0.4 is 4.72 Å². The van der Waals surface area contributed by atoms with E-state index in [4.69, 9.17) is 0 Å². The summed E-state index contributed by atoms with van der Waals surface area (Å²) in [5, 5.41) is 11.0. The van der Waals surface area contributed by atoms with Crippen molar-refractivity contribution in [1.29, 1.82) is 0 Å². The number of rotatable bonds is 4. The fraction of sp³-hybridized carbons (Fsp3) is 0.143. The topological polar surface area (TPSA) is 89.3 Å². The number of anilines is 1. The molecule has 0 unspecified atom stereocenters. The lowest BCUT2D eigenvalue weighted by Gasteiger charge is -2.10. The van der Waals surface area contributed by atoms with Crippen LogP contribution in [0.5, 0.6) is 0 Å². The molecule has 0 aromatic heterocycles. The van der Waals surface area contributed by atoms with Gasteiger partial charge < -0.3 is 0 Å². The van der Waals surface area contributed by atoms with Crippen LogP contribution in [0.25, 0.3) is 0 Å². The van der Waals surface area contributed by atoms with Crippen LogP contribution in [0, 0.1) is 24.0 Å². The van der Waals surface area contributed by atoms with E-state index in [2.05, 4.69) is 20.7 Å². The maximum Gasteiger partial charge on any atom is 0.275 e. The number of sulfonamides is 1. The number of benzene rings is 2. The van der Waals surface area contributed by atoms with Gasteiger partial charge in [-0.25, -0.2) is 8.42 Å². The molecule has 0 bridgehead atoms. The summed E-state index contributed by atoms with van der Waals surface area (Å²) in [6.45, 7) is 3.44. The first-order valence-corrected chi connectivity index (χ1v) is 8.52. The summed E-state index contributed by atoms with van der Waals surface area (Å²) >= 11 is 3.20. The minimum Gasteiger partial charge on any atom is -0.279 e. The second-order valence-electron chi connectivity index (χ2n) is 4.78. The Hall–Kier alpha value is -1.93. The molecule has 6 nitrogen and oxygen atoms in total. The van der Waals surface area contributed by atoms with Crippen LogP contribution in [0.1, 0.15) is 11.1 Å².